The van der Waals surface area contributed by atoms with Crippen LogP contribution < -0.4 is 15.5 Å². The number of ether oxygens (including phenoxy) is 1. The molecule has 134 valence electrons. The third-order valence-corrected chi connectivity index (χ3v) is 4.57. The highest BCUT2D eigenvalue weighted by molar-refractivity contribution is 5.84. The number of hydrogen-bond donors (Lipinski definition) is 2. The molecule has 1 aliphatic heterocycles. The third kappa shape index (κ3) is 4.20. The van der Waals surface area contributed by atoms with Gasteiger partial charge in [-0.1, -0.05) is 18.2 Å². The van der Waals surface area contributed by atoms with Crippen molar-refractivity contribution in [3.63, 3.8) is 0 Å². The van der Waals surface area contributed by atoms with Crippen LogP contribution in [-0.2, 0) is 11.3 Å². The Bertz CT molecular complexity index is 741. The number of nitrogens with one attached hydrogen (secondary N) is 2. The lowest BCUT2D eigenvalue weighted by Crippen LogP contribution is -2.45. The fourth-order valence-electron chi connectivity index (χ4n) is 3.13. The third-order valence-electron chi connectivity index (χ3n) is 4.57. The quantitative estimate of drug-likeness (QED) is 0.877. The Morgan fingerprint density at radius 2 is 2.20 bits per heavy atom. The Balaban J connectivity index is 1.68. The molecule has 6 heteroatoms. The van der Waals surface area contributed by atoms with Crippen molar-refractivity contribution in [2.75, 3.05) is 25.6 Å². The Labute approximate surface area is 148 Å². The van der Waals surface area contributed by atoms with E-state index in [1.165, 1.54) is 0 Å². The number of amides is 2. The van der Waals surface area contributed by atoms with Crippen molar-refractivity contribution in [2.24, 2.45) is 0 Å². The minimum Gasteiger partial charge on any atom is -0.376 e. The first-order chi connectivity index (χ1) is 12.0. The predicted octanol–water partition coefficient (Wildman–Crippen LogP) is 2.67. The molecule has 6 nitrogen and oxygen atoms in total. The summed E-state index contributed by atoms with van der Waals surface area (Å²) in [5.41, 5.74) is 1.98. The summed E-state index contributed by atoms with van der Waals surface area (Å²) in [5.74, 6) is 0.878. The van der Waals surface area contributed by atoms with Gasteiger partial charge in [-0.2, -0.15) is 0 Å². The standard InChI is InChI=1S/C19H26N4O2/c1-13(17-9-6-10-25-17)21-19(24)20-12-14-11-18(23(2)3)22-16-8-5-4-7-15(14)16/h4-5,7-8,11,13,17H,6,9-10,12H2,1-3H3,(H2,20,21,24). The summed E-state index contributed by atoms with van der Waals surface area (Å²) in [5, 5.41) is 6.99. The number of carbonyl (C=O) groups is 1. The van der Waals surface area contributed by atoms with Crippen LogP contribution in [0.1, 0.15) is 25.3 Å². The maximum Gasteiger partial charge on any atom is 0.315 e. The molecule has 1 saturated heterocycles. The molecular formula is C19H26N4O2. The van der Waals surface area contributed by atoms with E-state index in [9.17, 15) is 4.79 Å². The van der Waals surface area contributed by atoms with Crippen LogP contribution in [0, 0.1) is 0 Å². The average molecular weight is 342 g/mol. The van der Waals surface area contributed by atoms with Gasteiger partial charge in [-0.05, 0) is 37.5 Å². The number of fused-ring (bicyclic) bond motifs is 1. The zero-order valence-corrected chi connectivity index (χ0v) is 15.1. The van der Waals surface area contributed by atoms with Crippen LogP contribution in [0.25, 0.3) is 10.9 Å². The average Bonchev–Trinajstić information content (AvgIpc) is 3.14. The SMILES string of the molecule is CC(NC(=O)NCc1cc(N(C)C)nc2ccccc12)C1CCCO1. The van der Waals surface area contributed by atoms with Crippen molar-refractivity contribution in [3.05, 3.63) is 35.9 Å². The van der Waals surface area contributed by atoms with E-state index < -0.39 is 0 Å². The molecular weight excluding hydrogens is 316 g/mol. The normalized spacial score (nSPS) is 18.1. The van der Waals surface area contributed by atoms with Gasteiger partial charge in [0.15, 0.2) is 0 Å². The molecule has 0 radical (unpaired) electrons. The Morgan fingerprint density at radius 3 is 2.92 bits per heavy atom. The van der Waals surface area contributed by atoms with Gasteiger partial charge in [0.05, 0.1) is 17.7 Å². The molecule has 0 saturated carbocycles. The van der Waals surface area contributed by atoms with E-state index in [4.69, 9.17) is 4.74 Å². The monoisotopic (exact) mass is 342 g/mol. The van der Waals surface area contributed by atoms with Gasteiger partial charge in [0.1, 0.15) is 5.82 Å². The second-order valence-electron chi connectivity index (χ2n) is 6.72. The number of aromatic nitrogens is 1. The summed E-state index contributed by atoms with van der Waals surface area (Å²) in [6, 6.07) is 9.84. The van der Waals surface area contributed by atoms with Gasteiger partial charge >= 0.3 is 6.03 Å². The number of hydrogen-bond acceptors (Lipinski definition) is 4. The largest absolute Gasteiger partial charge is 0.376 e. The van der Waals surface area contributed by atoms with Crippen LogP contribution in [0.4, 0.5) is 10.6 Å². The zero-order chi connectivity index (χ0) is 17.8. The number of carbonyl (C=O) groups excluding carboxylic acids is 1. The Morgan fingerprint density at radius 1 is 1.40 bits per heavy atom. The minimum absolute atomic E-state index is 0.00835. The van der Waals surface area contributed by atoms with Crippen molar-refractivity contribution < 1.29 is 9.53 Å². The van der Waals surface area contributed by atoms with E-state index in [0.717, 1.165) is 41.7 Å². The van der Waals surface area contributed by atoms with Gasteiger partial charge in [-0.3, -0.25) is 0 Å². The topological polar surface area (TPSA) is 66.5 Å². The summed E-state index contributed by atoms with van der Waals surface area (Å²) >= 11 is 0. The van der Waals surface area contributed by atoms with Gasteiger partial charge in [-0.25, -0.2) is 9.78 Å². The highest BCUT2D eigenvalue weighted by Gasteiger charge is 2.23. The van der Waals surface area contributed by atoms with Gasteiger partial charge in [0, 0.05) is 32.6 Å². The molecule has 1 fully saturated rings. The second kappa shape index (κ2) is 7.70. The van der Waals surface area contributed by atoms with Crippen LogP contribution in [-0.4, -0.2) is 43.9 Å². The van der Waals surface area contributed by atoms with E-state index in [1.54, 1.807) is 0 Å². The predicted molar refractivity (Wildman–Crippen MR) is 99.9 cm³/mol. The maximum absolute atomic E-state index is 12.2. The molecule has 2 amide bonds. The maximum atomic E-state index is 12.2. The van der Waals surface area contributed by atoms with Crippen molar-refractivity contribution in [2.45, 2.75) is 38.5 Å². The molecule has 2 unspecified atom stereocenters. The zero-order valence-electron chi connectivity index (χ0n) is 15.1. The second-order valence-corrected chi connectivity index (χ2v) is 6.72. The summed E-state index contributed by atoms with van der Waals surface area (Å²) in [6.07, 6.45) is 2.19. The molecule has 2 aromatic rings. The molecule has 0 bridgehead atoms. The molecule has 2 atom stereocenters. The molecule has 2 heterocycles. The molecule has 1 aliphatic rings. The van der Waals surface area contributed by atoms with Crippen molar-refractivity contribution in [1.82, 2.24) is 15.6 Å². The number of rotatable bonds is 5. The van der Waals surface area contributed by atoms with Crippen molar-refractivity contribution in [1.29, 1.82) is 0 Å². The first-order valence-corrected chi connectivity index (χ1v) is 8.76. The van der Waals surface area contributed by atoms with Crippen LogP contribution in [0.5, 0.6) is 0 Å². The summed E-state index contributed by atoms with van der Waals surface area (Å²) in [6.45, 7) is 3.23. The van der Waals surface area contributed by atoms with Gasteiger partial charge in [-0.15, -0.1) is 0 Å². The fourth-order valence-corrected chi connectivity index (χ4v) is 3.13. The van der Waals surface area contributed by atoms with Crippen LogP contribution in [0.3, 0.4) is 0 Å². The lowest BCUT2D eigenvalue weighted by molar-refractivity contribution is 0.0860. The summed E-state index contributed by atoms with van der Waals surface area (Å²) in [4.78, 5) is 18.8. The first-order valence-electron chi connectivity index (χ1n) is 8.76. The van der Waals surface area contributed by atoms with E-state index in [1.807, 2.05) is 56.3 Å². The highest BCUT2D eigenvalue weighted by atomic mass is 16.5. The smallest absolute Gasteiger partial charge is 0.315 e. The highest BCUT2D eigenvalue weighted by Crippen LogP contribution is 2.22. The van der Waals surface area contributed by atoms with E-state index in [2.05, 4.69) is 15.6 Å². The van der Waals surface area contributed by atoms with Crippen molar-refractivity contribution >= 4 is 22.8 Å². The van der Waals surface area contributed by atoms with Gasteiger partial charge in [0.25, 0.3) is 0 Å². The first kappa shape index (κ1) is 17.5. The lowest BCUT2D eigenvalue weighted by Gasteiger charge is -2.20. The van der Waals surface area contributed by atoms with Crippen LogP contribution in [0.15, 0.2) is 30.3 Å². The molecule has 25 heavy (non-hydrogen) atoms. The Kier molecular flexibility index (Phi) is 5.38. The summed E-state index contributed by atoms with van der Waals surface area (Å²) < 4.78 is 5.62. The molecule has 1 aromatic heterocycles. The number of pyridine rings is 1. The lowest BCUT2D eigenvalue weighted by atomic mass is 10.1. The summed E-state index contributed by atoms with van der Waals surface area (Å²) in [7, 11) is 3.93. The van der Waals surface area contributed by atoms with Crippen molar-refractivity contribution in [3.8, 4) is 0 Å². The number of urea groups is 1. The van der Waals surface area contributed by atoms with E-state index >= 15 is 0 Å². The molecule has 0 aliphatic carbocycles. The molecule has 1 aromatic carbocycles. The minimum atomic E-state index is -0.171. The van der Waals surface area contributed by atoms with Crippen LogP contribution in [0.2, 0.25) is 0 Å². The van der Waals surface area contributed by atoms with Crippen LogP contribution >= 0.6 is 0 Å². The molecule has 2 N–H and O–H groups in total. The fraction of sp³-hybridized carbons (Fsp3) is 0.474. The Hall–Kier alpha value is -2.34. The number of anilines is 1. The number of nitrogens with zero attached hydrogens (tertiary/aromatic N) is 2. The van der Waals surface area contributed by atoms with E-state index in [0.29, 0.717) is 6.54 Å². The number of benzene rings is 1. The molecule has 0 spiro atoms. The number of para-hydroxylation sites is 1. The van der Waals surface area contributed by atoms with E-state index in [-0.39, 0.29) is 18.2 Å². The molecule has 3 rings (SSSR count). The van der Waals surface area contributed by atoms with Gasteiger partial charge < -0.3 is 20.3 Å². The van der Waals surface area contributed by atoms with Gasteiger partial charge in [0.2, 0.25) is 0 Å².